The van der Waals surface area contributed by atoms with Crippen LogP contribution in [-0.2, 0) is 0 Å². The van der Waals surface area contributed by atoms with Gasteiger partial charge in [0.1, 0.15) is 0 Å². The zero-order valence-corrected chi connectivity index (χ0v) is 12.1. The minimum atomic E-state index is 0.440. The average molecular weight is 317 g/mol. The van der Waals surface area contributed by atoms with Crippen molar-refractivity contribution in [3.63, 3.8) is 0 Å². The van der Waals surface area contributed by atoms with Gasteiger partial charge in [0.2, 0.25) is 5.95 Å². The highest BCUT2D eigenvalue weighted by atomic mass is 79.9. The predicted octanol–water partition coefficient (Wildman–Crippen LogP) is 3.54. The van der Waals surface area contributed by atoms with Crippen LogP contribution in [0.4, 0.5) is 5.95 Å². The quantitative estimate of drug-likeness (QED) is 0.876. The second kappa shape index (κ2) is 6.30. The summed E-state index contributed by atoms with van der Waals surface area (Å²) in [4.78, 5) is 8.50. The monoisotopic (exact) mass is 316 g/mol. The Morgan fingerprint density at radius 1 is 1.32 bits per heavy atom. The normalized spacial score (nSPS) is 9.95. The molecule has 19 heavy (non-hydrogen) atoms. The van der Waals surface area contributed by atoms with E-state index < -0.39 is 0 Å². The highest BCUT2D eigenvalue weighted by molar-refractivity contribution is 9.10. The standard InChI is InChI=1S/C14H13BrN4/c1-10-3-4-12(15)7-13(10)11-8-18-14(19-9-11)17-6-2-5-16/h3-4,7-9H,2,6H2,1H3,(H,17,18,19). The minimum Gasteiger partial charge on any atom is -0.353 e. The first kappa shape index (κ1) is 13.5. The summed E-state index contributed by atoms with van der Waals surface area (Å²) < 4.78 is 1.03. The van der Waals surface area contributed by atoms with Gasteiger partial charge >= 0.3 is 0 Å². The van der Waals surface area contributed by atoms with Gasteiger partial charge in [-0.25, -0.2) is 9.97 Å². The number of anilines is 1. The van der Waals surface area contributed by atoms with Gasteiger partial charge in [-0.15, -0.1) is 0 Å². The van der Waals surface area contributed by atoms with Gasteiger partial charge in [-0.3, -0.25) is 0 Å². The third-order valence-corrected chi connectivity index (χ3v) is 3.18. The Bertz CT molecular complexity index is 602. The molecule has 96 valence electrons. The number of halogens is 1. The number of nitrogens with one attached hydrogen (secondary N) is 1. The van der Waals surface area contributed by atoms with Crippen LogP contribution in [0.15, 0.2) is 35.1 Å². The van der Waals surface area contributed by atoms with Crippen LogP contribution in [0.2, 0.25) is 0 Å². The van der Waals surface area contributed by atoms with Gasteiger partial charge in [-0.05, 0) is 30.2 Å². The number of aromatic nitrogens is 2. The molecule has 0 spiro atoms. The van der Waals surface area contributed by atoms with Crippen molar-refractivity contribution in [2.75, 3.05) is 11.9 Å². The highest BCUT2D eigenvalue weighted by Crippen LogP contribution is 2.25. The Balaban J connectivity index is 2.18. The number of benzene rings is 1. The molecule has 0 saturated heterocycles. The molecule has 0 aliphatic heterocycles. The van der Waals surface area contributed by atoms with E-state index in [1.54, 1.807) is 12.4 Å². The van der Waals surface area contributed by atoms with Gasteiger partial charge in [0, 0.05) is 29.0 Å². The number of hydrogen-bond acceptors (Lipinski definition) is 4. The van der Waals surface area contributed by atoms with E-state index in [2.05, 4.69) is 56.3 Å². The highest BCUT2D eigenvalue weighted by Gasteiger charge is 2.04. The SMILES string of the molecule is Cc1ccc(Br)cc1-c1cnc(NCCC#N)nc1. The summed E-state index contributed by atoms with van der Waals surface area (Å²) in [6, 6.07) is 8.18. The fourth-order valence-electron chi connectivity index (χ4n) is 1.69. The summed E-state index contributed by atoms with van der Waals surface area (Å²) in [5.41, 5.74) is 3.26. The number of nitriles is 1. The van der Waals surface area contributed by atoms with Crippen molar-refractivity contribution in [3.05, 3.63) is 40.6 Å². The lowest BCUT2D eigenvalue weighted by Gasteiger charge is -2.07. The van der Waals surface area contributed by atoms with Gasteiger partial charge in [0.15, 0.2) is 0 Å². The van der Waals surface area contributed by atoms with Gasteiger partial charge < -0.3 is 5.32 Å². The summed E-state index contributed by atoms with van der Waals surface area (Å²) in [5.74, 6) is 0.548. The molecular weight excluding hydrogens is 304 g/mol. The molecule has 1 aromatic carbocycles. The number of rotatable bonds is 4. The van der Waals surface area contributed by atoms with E-state index in [0.29, 0.717) is 18.9 Å². The van der Waals surface area contributed by atoms with Crippen molar-refractivity contribution in [1.29, 1.82) is 5.26 Å². The maximum absolute atomic E-state index is 8.46. The molecule has 0 aliphatic carbocycles. The molecule has 0 atom stereocenters. The van der Waals surface area contributed by atoms with Gasteiger partial charge in [0.25, 0.3) is 0 Å². The third-order valence-electron chi connectivity index (χ3n) is 2.68. The van der Waals surface area contributed by atoms with Crippen molar-refractivity contribution in [3.8, 4) is 17.2 Å². The maximum Gasteiger partial charge on any atom is 0.222 e. The van der Waals surface area contributed by atoms with E-state index in [9.17, 15) is 0 Å². The van der Waals surface area contributed by atoms with Crippen LogP contribution in [0.5, 0.6) is 0 Å². The van der Waals surface area contributed by atoms with Crippen LogP contribution in [0.25, 0.3) is 11.1 Å². The number of hydrogen-bond donors (Lipinski definition) is 1. The fourth-order valence-corrected chi connectivity index (χ4v) is 2.05. The van der Waals surface area contributed by atoms with E-state index in [1.165, 1.54) is 5.56 Å². The van der Waals surface area contributed by atoms with Gasteiger partial charge in [0.05, 0.1) is 12.5 Å². The van der Waals surface area contributed by atoms with Gasteiger partial charge in [-0.1, -0.05) is 22.0 Å². The Morgan fingerprint density at radius 3 is 2.74 bits per heavy atom. The second-order valence-electron chi connectivity index (χ2n) is 4.09. The van der Waals surface area contributed by atoms with Crippen LogP contribution < -0.4 is 5.32 Å². The Morgan fingerprint density at radius 2 is 2.05 bits per heavy atom. The Kier molecular flexibility index (Phi) is 4.48. The summed E-state index contributed by atoms with van der Waals surface area (Å²) >= 11 is 3.47. The first-order valence-corrected chi connectivity index (χ1v) is 6.69. The lowest BCUT2D eigenvalue weighted by atomic mass is 10.0. The van der Waals surface area contributed by atoms with Crippen LogP contribution in [0.3, 0.4) is 0 Å². The largest absolute Gasteiger partial charge is 0.353 e. The van der Waals surface area contributed by atoms with Crippen LogP contribution in [0.1, 0.15) is 12.0 Å². The van der Waals surface area contributed by atoms with Crippen LogP contribution >= 0.6 is 15.9 Å². The lowest BCUT2D eigenvalue weighted by Crippen LogP contribution is -2.04. The van der Waals surface area contributed by atoms with E-state index in [-0.39, 0.29) is 0 Å². The zero-order valence-electron chi connectivity index (χ0n) is 10.5. The molecule has 0 fully saturated rings. The minimum absolute atomic E-state index is 0.440. The molecular formula is C14H13BrN4. The Hall–Kier alpha value is -1.93. The summed E-state index contributed by atoms with van der Waals surface area (Å²) in [7, 11) is 0. The van der Waals surface area contributed by atoms with E-state index >= 15 is 0 Å². The predicted molar refractivity (Wildman–Crippen MR) is 78.6 cm³/mol. The summed E-state index contributed by atoms with van der Waals surface area (Å²) in [6.45, 7) is 2.62. The molecule has 2 aromatic rings. The van der Waals surface area contributed by atoms with E-state index in [0.717, 1.165) is 15.6 Å². The molecule has 0 unspecified atom stereocenters. The molecule has 1 aromatic heterocycles. The van der Waals surface area contributed by atoms with Crippen molar-refractivity contribution >= 4 is 21.9 Å². The molecule has 0 bridgehead atoms. The molecule has 2 rings (SSSR count). The first-order chi connectivity index (χ1) is 9.20. The lowest BCUT2D eigenvalue weighted by molar-refractivity contribution is 1.02. The molecule has 1 N–H and O–H groups in total. The second-order valence-corrected chi connectivity index (χ2v) is 5.01. The molecule has 4 nitrogen and oxygen atoms in total. The smallest absolute Gasteiger partial charge is 0.222 e. The van der Waals surface area contributed by atoms with Crippen LogP contribution in [-0.4, -0.2) is 16.5 Å². The van der Waals surface area contributed by atoms with Crippen LogP contribution in [0, 0.1) is 18.3 Å². The molecule has 1 heterocycles. The van der Waals surface area contributed by atoms with Crippen molar-refractivity contribution in [1.82, 2.24) is 9.97 Å². The molecule has 0 saturated carbocycles. The van der Waals surface area contributed by atoms with Crippen molar-refractivity contribution < 1.29 is 0 Å². The van der Waals surface area contributed by atoms with E-state index in [1.807, 2.05) is 6.07 Å². The number of nitrogens with zero attached hydrogens (tertiary/aromatic N) is 3. The third kappa shape index (κ3) is 3.52. The number of aryl methyl sites for hydroxylation is 1. The molecule has 0 aliphatic rings. The van der Waals surface area contributed by atoms with Gasteiger partial charge in [-0.2, -0.15) is 5.26 Å². The fraction of sp³-hybridized carbons (Fsp3) is 0.214. The first-order valence-electron chi connectivity index (χ1n) is 5.90. The van der Waals surface area contributed by atoms with Crippen molar-refractivity contribution in [2.24, 2.45) is 0 Å². The van der Waals surface area contributed by atoms with E-state index in [4.69, 9.17) is 5.26 Å². The molecule has 5 heteroatoms. The molecule has 0 amide bonds. The molecule has 0 radical (unpaired) electrons. The maximum atomic E-state index is 8.46. The zero-order chi connectivity index (χ0) is 13.7. The average Bonchev–Trinajstić information content (AvgIpc) is 2.43. The summed E-state index contributed by atoms with van der Waals surface area (Å²) in [5, 5.41) is 11.5. The summed E-state index contributed by atoms with van der Waals surface area (Å²) in [6.07, 6.45) is 4.02. The topological polar surface area (TPSA) is 61.6 Å². The van der Waals surface area contributed by atoms with Crippen molar-refractivity contribution in [2.45, 2.75) is 13.3 Å². The Labute approximate surface area is 120 Å².